The molecule has 0 spiro atoms. The van der Waals surface area contributed by atoms with Crippen LogP contribution < -0.4 is 10.6 Å². The highest BCUT2D eigenvalue weighted by Crippen LogP contribution is 2.08. The van der Waals surface area contributed by atoms with Crippen LogP contribution in [0, 0.1) is 0 Å². The van der Waals surface area contributed by atoms with Gasteiger partial charge in [-0.15, -0.1) is 0 Å². The highest BCUT2D eigenvalue weighted by molar-refractivity contribution is 4.60. The first-order valence-corrected chi connectivity index (χ1v) is 15.5. The molecule has 0 radical (unpaired) electrons. The monoisotopic (exact) mass is 468 g/mol. The maximum Gasteiger partial charge on any atom is -0.00187 e. The number of nitrogens with zero attached hydrogens (tertiary/aromatic N) is 1. The molecule has 0 aliphatic carbocycles. The van der Waals surface area contributed by atoms with Gasteiger partial charge in [-0.05, 0) is 90.8 Å². The van der Waals surface area contributed by atoms with E-state index in [4.69, 9.17) is 0 Å². The lowest BCUT2D eigenvalue weighted by Gasteiger charge is -2.22. The normalized spacial score (nSPS) is 11.6. The van der Waals surface area contributed by atoms with E-state index in [2.05, 4.69) is 36.3 Å². The number of nitrogens with one attached hydrogen (secondary N) is 2. The van der Waals surface area contributed by atoms with E-state index in [-0.39, 0.29) is 0 Å². The minimum atomic E-state index is 1.22. The van der Waals surface area contributed by atoms with Crippen LogP contribution in [0.1, 0.15) is 149 Å². The molecule has 3 heteroatoms. The largest absolute Gasteiger partial charge is 0.317 e. The Kier molecular flexibility index (Phi) is 29.8. The van der Waals surface area contributed by atoms with Crippen molar-refractivity contribution in [3.63, 3.8) is 0 Å². The van der Waals surface area contributed by atoms with E-state index in [1.165, 1.54) is 174 Å². The van der Waals surface area contributed by atoms with Gasteiger partial charge < -0.3 is 15.5 Å². The van der Waals surface area contributed by atoms with Gasteiger partial charge in [-0.3, -0.25) is 0 Å². The number of rotatable bonds is 29. The summed E-state index contributed by atoms with van der Waals surface area (Å²) in [6.45, 7) is 15.8. The smallest absolute Gasteiger partial charge is 0.00187 e. The summed E-state index contributed by atoms with van der Waals surface area (Å²) in [7, 11) is 0. The van der Waals surface area contributed by atoms with Crippen LogP contribution in [0.25, 0.3) is 0 Å². The number of hydrogen-bond donors (Lipinski definition) is 2. The molecule has 200 valence electrons. The summed E-state index contributed by atoms with van der Waals surface area (Å²) in [5, 5.41) is 7.27. The third kappa shape index (κ3) is 28.0. The molecule has 0 aliphatic rings. The molecule has 0 fully saturated rings. The first-order valence-electron chi connectivity index (χ1n) is 15.5. The Balaban J connectivity index is 3.42. The molecule has 0 heterocycles. The Bertz CT molecular complexity index is 323. The van der Waals surface area contributed by atoms with Crippen molar-refractivity contribution in [1.29, 1.82) is 0 Å². The molecule has 2 N–H and O–H groups in total. The van der Waals surface area contributed by atoms with Gasteiger partial charge in [-0.1, -0.05) is 104 Å². The molecule has 0 aromatic heterocycles. The third-order valence-corrected chi connectivity index (χ3v) is 6.90. The van der Waals surface area contributed by atoms with Crippen molar-refractivity contribution in [3.8, 4) is 0 Å². The minimum absolute atomic E-state index is 1.22. The van der Waals surface area contributed by atoms with Gasteiger partial charge >= 0.3 is 0 Å². The van der Waals surface area contributed by atoms with Crippen LogP contribution in [0.15, 0.2) is 0 Å². The van der Waals surface area contributed by atoms with Crippen molar-refractivity contribution in [2.45, 2.75) is 149 Å². The second kappa shape index (κ2) is 29.9. The highest BCUT2D eigenvalue weighted by Gasteiger charge is 2.04. The molecular formula is C30H65N3. The summed E-state index contributed by atoms with van der Waals surface area (Å²) in [5.74, 6) is 0. The molecule has 0 rings (SSSR count). The first kappa shape index (κ1) is 32.9. The summed E-state index contributed by atoms with van der Waals surface area (Å²) in [6.07, 6.45) is 27.7. The van der Waals surface area contributed by atoms with Gasteiger partial charge in [0.1, 0.15) is 0 Å². The van der Waals surface area contributed by atoms with Crippen LogP contribution in [-0.2, 0) is 0 Å². The van der Waals surface area contributed by atoms with Crippen LogP contribution in [0.4, 0.5) is 0 Å². The van der Waals surface area contributed by atoms with E-state index in [1.54, 1.807) is 0 Å². The summed E-state index contributed by atoms with van der Waals surface area (Å²) >= 11 is 0. The van der Waals surface area contributed by atoms with Gasteiger partial charge in [0, 0.05) is 0 Å². The van der Waals surface area contributed by atoms with E-state index in [0.29, 0.717) is 0 Å². The van der Waals surface area contributed by atoms with E-state index in [9.17, 15) is 0 Å². The van der Waals surface area contributed by atoms with Gasteiger partial charge in [0.05, 0.1) is 0 Å². The highest BCUT2D eigenvalue weighted by atomic mass is 15.1. The maximum atomic E-state index is 3.67. The average Bonchev–Trinajstić information content (AvgIpc) is 2.83. The second-order valence-corrected chi connectivity index (χ2v) is 10.4. The van der Waals surface area contributed by atoms with Crippen molar-refractivity contribution in [2.24, 2.45) is 0 Å². The van der Waals surface area contributed by atoms with E-state index >= 15 is 0 Å². The third-order valence-electron chi connectivity index (χ3n) is 6.90. The van der Waals surface area contributed by atoms with Crippen LogP contribution in [-0.4, -0.2) is 50.7 Å². The maximum absolute atomic E-state index is 3.67. The lowest BCUT2D eigenvalue weighted by atomic mass is 10.1. The average molecular weight is 468 g/mol. The van der Waals surface area contributed by atoms with E-state index in [1.807, 2.05) is 0 Å². The molecule has 0 aromatic rings. The van der Waals surface area contributed by atoms with Crippen LogP contribution >= 0.6 is 0 Å². The van der Waals surface area contributed by atoms with Crippen molar-refractivity contribution in [2.75, 3.05) is 45.8 Å². The molecule has 0 bridgehead atoms. The molecule has 0 atom stereocenters. The predicted molar refractivity (Wildman–Crippen MR) is 152 cm³/mol. The van der Waals surface area contributed by atoms with E-state index in [0.717, 1.165) is 0 Å². The minimum Gasteiger partial charge on any atom is -0.317 e. The molecule has 0 saturated heterocycles. The van der Waals surface area contributed by atoms with Crippen molar-refractivity contribution < 1.29 is 0 Å². The van der Waals surface area contributed by atoms with Crippen molar-refractivity contribution in [1.82, 2.24) is 15.5 Å². The summed E-state index contributed by atoms with van der Waals surface area (Å²) in [6, 6.07) is 0. The fourth-order valence-electron chi connectivity index (χ4n) is 4.58. The fraction of sp³-hybridized carbons (Fsp3) is 1.00. The number of hydrogen-bond acceptors (Lipinski definition) is 3. The van der Waals surface area contributed by atoms with Crippen LogP contribution in [0.2, 0.25) is 0 Å². The van der Waals surface area contributed by atoms with Crippen LogP contribution in [0.3, 0.4) is 0 Å². The topological polar surface area (TPSA) is 27.3 Å². The first-order chi connectivity index (χ1) is 16.3. The second-order valence-electron chi connectivity index (χ2n) is 10.4. The molecule has 0 amide bonds. The quantitative estimate of drug-likeness (QED) is 0.108. The SMILES string of the molecule is CCCCCCNCCCCCCNCCCCCCN(CCCCCC)CCCCCC. The zero-order valence-electron chi connectivity index (χ0n) is 23.5. The Morgan fingerprint density at radius 1 is 0.333 bits per heavy atom. The lowest BCUT2D eigenvalue weighted by Crippen LogP contribution is -2.27. The summed E-state index contributed by atoms with van der Waals surface area (Å²) in [5.41, 5.74) is 0. The molecule has 0 aromatic carbocycles. The molecule has 0 aliphatic heterocycles. The van der Waals surface area contributed by atoms with E-state index < -0.39 is 0 Å². The number of unbranched alkanes of at least 4 members (excludes halogenated alkanes) is 15. The summed E-state index contributed by atoms with van der Waals surface area (Å²) < 4.78 is 0. The molecule has 0 saturated carbocycles. The van der Waals surface area contributed by atoms with Gasteiger partial charge in [-0.2, -0.15) is 0 Å². The van der Waals surface area contributed by atoms with Gasteiger partial charge in [-0.25, -0.2) is 0 Å². The Labute approximate surface area is 210 Å². The predicted octanol–water partition coefficient (Wildman–Crippen LogP) is 8.33. The summed E-state index contributed by atoms with van der Waals surface area (Å²) in [4.78, 5) is 2.77. The molecule has 0 unspecified atom stereocenters. The van der Waals surface area contributed by atoms with Crippen molar-refractivity contribution >= 4 is 0 Å². The molecule has 3 nitrogen and oxygen atoms in total. The Morgan fingerprint density at radius 3 is 0.939 bits per heavy atom. The zero-order chi connectivity index (χ0) is 24.1. The van der Waals surface area contributed by atoms with Gasteiger partial charge in [0.25, 0.3) is 0 Å². The molecular weight excluding hydrogens is 402 g/mol. The standard InChI is InChI=1S/C30H65N3/c1-4-7-10-17-24-31-25-18-13-14-19-26-32-27-20-15-16-23-30-33(28-21-11-8-5-2)29-22-12-9-6-3/h31-32H,4-30H2,1-3H3. The zero-order valence-corrected chi connectivity index (χ0v) is 23.5. The van der Waals surface area contributed by atoms with Gasteiger partial charge in [0.15, 0.2) is 0 Å². The molecule has 33 heavy (non-hydrogen) atoms. The Morgan fingerprint density at radius 2 is 0.606 bits per heavy atom. The van der Waals surface area contributed by atoms with Crippen molar-refractivity contribution in [3.05, 3.63) is 0 Å². The Hall–Kier alpha value is -0.120. The van der Waals surface area contributed by atoms with Crippen LogP contribution in [0.5, 0.6) is 0 Å². The fourth-order valence-corrected chi connectivity index (χ4v) is 4.58. The van der Waals surface area contributed by atoms with Gasteiger partial charge in [0.2, 0.25) is 0 Å². The lowest BCUT2D eigenvalue weighted by molar-refractivity contribution is 0.254.